The van der Waals surface area contributed by atoms with Gasteiger partial charge in [0.1, 0.15) is 5.78 Å². The highest BCUT2D eigenvalue weighted by molar-refractivity contribution is 5.89. The van der Waals surface area contributed by atoms with E-state index in [2.05, 4.69) is 20.8 Å². The largest absolute Gasteiger partial charge is 0.327 e. The summed E-state index contributed by atoms with van der Waals surface area (Å²) in [6.07, 6.45) is 0.585. The maximum Gasteiger partial charge on any atom is 0.139 e. The smallest absolute Gasteiger partial charge is 0.139 e. The van der Waals surface area contributed by atoms with E-state index in [4.69, 9.17) is 5.73 Å². The third-order valence-corrected chi connectivity index (χ3v) is 2.14. The Hall–Kier alpha value is -0.370. The minimum atomic E-state index is 0.0642. The molecule has 0 aromatic carbocycles. The molecule has 0 aromatic rings. The second-order valence-corrected chi connectivity index (χ2v) is 4.18. The number of hydrogen-bond acceptors (Lipinski definition) is 2. The van der Waals surface area contributed by atoms with Crippen molar-refractivity contribution in [3.05, 3.63) is 0 Å². The second-order valence-electron chi connectivity index (χ2n) is 4.18. The van der Waals surface area contributed by atoms with Crippen LogP contribution < -0.4 is 5.73 Å². The Morgan fingerprint density at radius 1 is 1.50 bits per heavy atom. The molecule has 1 aliphatic rings. The molecule has 0 unspecified atom stereocenters. The first-order valence-corrected chi connectivity index (χ1v) is 3.71. The van der Waals surface area contributed by atoms with Crippen molar-refractivity contribution in [2.24, 2.45) is 17.1 Å². The van der Waals surface area contributed by atoms with Crippen LogP contribution in [0.25, 0.3) is 0 Å². The molecule has 0 aliphatic heterocycles. The zero-order valence-electron chi connectivity index (χ0n) is 6.85. The Labute approximate surface area is 61.8 Å². The number of rotatable bonds is 0. The zero-order valence-corrected chi connectivity index (χ0v) is 6.85. The van der Waals surface area contributed by atoms with Crippen LogP contribution in [0, 0.1) is 11.3 Å². The van der Waals surface area contributed by atoms with Crippen molar-refractivity contribution in [1.82, 2.24) is 0 Å². The predicted molar refractivity (Wildman–Crippen MR) is 40.5 cm³/mol. The number of hydrogen-bond donors (Lipinski definition) is 1. The van der Waals surface area contributed by atoms with Gasteiger partial charge < -0.3 is 5.73 Å². The molecule has 0 amide bonds. The van der Waals surface area contributed by atoms with Crippen molar-refractivity contribution in [3.8, 4) is 0 Å². The van der Waals surface area contributed by atoms with Crippen LogP contribution >= 0.6 is 0 Å². The van der Waals surface area contributed by atoms with Gasteiger partial charge in [-0.1, -0.05) is 20.8 Å². The average Bonchev–Trinajstić information content (AvgIpc) is 1.58. The van der Waals surface area contributed by atoms with E-state index in [1.165, 1.54) is 0 Å². The first-order valence-electron chi connectivity index (χ1n) is 3.71. The van der Waals surface area contributed by atoms with Gasteiger partial charge in [0.2, 0.25) is 0 Å². The average molecular weight is 141 g/mol. The Morgan fingerprint density at radius 3 is 2.10 bits per heavy atom. The van der Waals surface area contributed by atoms with Gasteiger partial charge in [-0.2, -0.15) is 0 Å². The molecule has 1 saturated carbocycles. The van der Waals surface area contributed by atoms with Gasteiger partial charge in [-0.05, 0) is 5.41 Å². The minimum Gasteiger partial charge on any atom is -0.327 e. The van der Waals surface area contributed by atoms with Crippen molar-refractivity contribution in [1.29, 1.82) is 0 Å². The van der Waals surface area contributed by atoms with Crippen LogP contribution in [0.2, 0.25) is 0 Å². The fourth-order valence-corrected chi connectivity index (χ4v) is 1.68. The highest BCUT2D eigenvalue weighted by atomic mass is 16.1. The van der Waals surface area contributed by atoms with Gasteiger partial charge in [-0.25, -0.2) is 0 Å². The molecule has 2 N–H and O–H groups in total. The fraction of sp³-hybridized carbons (Fsp3) is 0.875. The van der Waals surface area contributed by atoms with E-state index in [9.17, 15) is 4.79 Å². The summed E-state index contributed by atoms with van der Waals surface area (Å²) in [5.41, 5.74) is 5.74. The van der Waals surface area contributed by atoms with Crippen molar-refractivity contribution < 1.29 is 4.79 Å². The molecule has 10 heavy (non-hydrogen) atoms. The SMILES string of the molecule is CC(C)(C)[C@H]1C(=O)C[C@@H]1N. The Morgan fingerprint density at radius 2 is 2.00 bits per heavy atom. The quantitative estimate of drug-likeness (QED) is 0.545. The van der Waals surface area contributed by atoms with Crippen molar-refractivity contribution in [2.45, 2.75) is 33.2 Å². The summed E-state index contributed by atoms with van der Waals surface area (Å²) in [5.74, 6) is 0.438. The molecule has 0 heterocycles. The van der Waals surface area contributed by atoms with E-state index in [1.54, 1.807) is 0 Å². The monoisotopic (exact) mass is 141 g/mol. The second kappa shape index (κ2) is 2.06. The summed E-state index contributed by atoms with van der Waals surface area (Å²) in [4.78, 5) is 11.0. The summed E-state index contributed by atoms with van der Waals surface area (Å²) < 4.78 is 0. The van der Waals surface area contributed by atoms with Gasteiger partial charge in [0.25, 0.3) is 0 Å². The lowest BCUT2D eigenvalue weighted by molar-refractivity contribution is -0.135. The molecule has 58 valence electrons. The third-order valence-electron chi connectivity index (χ3n) is 2.14. The lowest BCUT2D eigenvalue weighted by Crippen LogP contribution is -2.53. The fourth-order valence-electron chi connectivity index (χ4n) is 1.68. The Bertz CT molecular complexity index is 157. The summed E-state index contributed by atoms with van der Waals surface area (Å²) >= 11 is 0. The maximum atomic E-state index is 11.0. The van der Waals surface area contributed by atoms with Gasteiger partial charge >= 0.3 is 0 Å². The molecule has 0 radical (unpaired) electrons. The van der Waals surface area contributed by atoms with Gasteiger partial charge in [-0.3, -0.25) is 4.79 Å². The highest BCUT2D eigenvalue weighted by Gasteiger charge is 2.44. The number of carbonyl (C=O) groups excluding carboxylic acids is 1. The van der Waals surface area contributed by atoms with Crippen LogP contribution in [-0.4, -0.2) is 11.8 Å². The Balaban J connectivity index is 2.64. The first-order chi connectivity index (χ1) is 4.43. The summed E-state index contributed by atoms with van der Waals surface area (Å²) in [5, 5.41) is 0. The van der Waals surface area contributed by atoms with Crippen molar-refractivity contribution in [3.63, 3.8) is 0 Å². The first kappa shape index (κ1) is 7.73. The van der Waals surface area contributed by atoms with Gasteiger partial charge in [0.15, 0.2) is 0 Å². The lowest BCUT2D eigenvalue weighted by Gasteiger charge is -2.41. The molecule has 0 spiro atoms. The molecule has 0 saturated heterocycles. The molecule has 0 bridgehead atoms. The molecular weight excluding hydrogens is 126 g/mol. The number of carbonyl (C=O) groups is 1. The van der Waals surface area contributed by atoms with E-state index in [1.807, 2.05) is 0 Å². The highest BCUT2D eigenvalue weighted by Crippen LogP contribution is 2.37. The summed E-state index contributed by atoms with van der Waals surface area (Å²) in [6.45, 7) is 6.19. The van der Waals surface area contributed by atoms with E-state index >= 15 is 0 Å². The van der Waals surface area contributed by atoms with Crippen LogP contribution in [0.1, 0.15) is 27.2 Å². The van der Waals surface area contributed by atoms with E-state index in [0.717, 1.165) is 0 Å². The third kappa shape index (κ3) is 1.08. The predicted octanol–water partition coefficient (Wildman–Crippen LogP) is 0.949. The standard InChI is InChI=1S/C8H15NO/c1-8(2,3)7-5(9)4-6(7)10/h5,7H,4,9H2,1-3H3/t5-,7+/m0/s1. The molecule has 1 rings (SSSR count). The number of nitrogens with two attached hydrogens (primary N) is 1. The molecular formula is C8H15NO. The van der Waals surface area contributed by atoms with Crippen LogP contribution in [0.15, 0.2) is 0 Å². The normalized spacial score (nSPS) is 33.8. The molecule has 1 aliphatic carbocycles. The lowest BCUT2D eigenvalue weighted by atomic mass is 9.64. The van der Waals surface area contributed by atoms with Crippen LogP contribution in [-0.2, 0) is 4.79 Å². The Kier molecular flexibility index (Phi) is 1.59. The van der Waals surface area contributed by atoms with Gasteiger partial charge in [0.05, 0.1) is 0 Å². The molecule has 0 aromatic heterocycles. The zero-order chi connectivity index (χ0) is 7.94. The van der Waals surface area contributed by atoms with Crippen LogP contribution in [0.5, 0.6) is 0 Å². The molecule has 2 heteroatoms. The van der Waals surface area contributed by atoms with E-state index < -0.39 is 0 Å². The van der Waals surface area contributed by atoms with E-state index in [-0.39, 0.29) is 17.4 Å². The number of Topliss-reactive ketones (excluding diaryl/α,β-unsaturated/α-hetero) is 1. The summed E-state index contributed by atoms with van der Waals surface area (Å²) in [6, 6.07) is 0.118. The topological polar surface area (TPSA) is 43.1 Å². The molecule has 1 fully saturated rings. The van der Waals surface area contributed by atoms with Gasteiger partial charge in [0, 0.05) is 18.4 Å². The molecule has 2 nitrogen and oxygen atoms in total. The molecule has 2 atom stereocenters. The van der Waals surface area contributed by atoms with E-state index in [0.29, 0.717) is 12.2 Å². The number of ketones is 1. The minimum absolute atomic E-state index is 0.0642. The van der Waals surface area contributed by atoms with Crippen LogP contribution in [0.3, 0.4) is 0 Å². The maximum absolute atomic E-state index is 11.0. The van der Waals surface area contributed by atoms with Gasteiger partial charge in [-0.15, -0.1) is 0 Å². The summed E-state index contributed by atoms with van der Waals surface area (Å²) in [7, 11) is 0. The van der Waals surface area contributed by atoms with Crippen LogP contribution in [0.4, 0.5) is 0 Å². The van der Waals surface area contributed by atoms with Crippen molar-refractivity contribution >= 4 is 5.78 Å². The van der Waals surface area contributed by atoms with Crippen molar-refractivity contribution in [2.75, 3.05) is 0 Å².